The van der Waals surface area contributed by atoms with Gasteiger partial charge in [0.2, 0.25) is 5.43 Å². The Kier molecular flexibility index (Phi) is 13.1. The van der Waals surface area contributed by atoms with E-state index in [-0.39, 0.29) is 29.3 Å². The summed E-state index contributed by atoms with van der Waals surface area (Å²) in [6.07, 6.45) is -0.975. The summed E-state index contributed by atoms with van der Waals surface area (Å²) in [5.41, 5.74) is 1.81. The molecule has 62 heavy (non-hydrogen) atoms. The van der Waals surface area contributed by atoms with Crippen molar-refractivity contribution in [3.8, 4) is 5.75 Å². The fraction of sp³-hybridized carbons (Fsp3) is 0.239. The van der Waals surface area contributed by atoms with Gasteiger partial charge in [0.15, 0.2) is 29.5 Å². The summed E-state index contributed by atoms with van der Waals surface area (Å²) in [4.78, 5) is 58.8. The maximum atomic E-state index is 14.2. The first kappa shape index (κ1) is 43.6. The fourth-order valence-electron chi connectivity index (χ4n) is 7.14. The van der Waals surface area contributed by atoms with E-state index in [2.05, 4.69) is 14.4 Å². The average Bonchev–Trinajstić information content (AvgIpc) is 3.71. The molecule has 0 bridgehead atoms. The first-order chi connectivity index (χ1) is 29.7. The Morgan fingerprint density at radius 2 is 1.37 bits per heavy atom. The van der Waals surface area contributed by atoms with Gasteiger partial charge < -0.3 is 14.4 Å². The number of ether oxygens (including phenoxy) is 1. The van der Waals surface area contributed by atoms with Crippen molar-refractivity contribution >= 4 is 39.1 Å². The number of oxime groups is 1. The number of nitrogens with zero attached hydrogens (tertiary/aromatic N) is 4. The van der Waals surface area contributed by atoms with Gasteiger partial charge in [0.25, 0.3) is 5.91 Å². The van der Waals surface area contributed by atoms with Crippen LogP contribution >= 0.6 is 11.3 Å². The molecule has 320 valence electrons. The lowest BCUT2D eigenvalue weighted by molar-refractivity contribution is -0.228. The highest BCUT2D eigenvalue weighted by molar-refractivity contribution is 7.80. The van der Waals surface area contributed by atoms with E-state index in [0.29, 0.717) is 10.1 Å². The number of pyridine rings is 1. The molecule has 1 fully saturated rings. The SMILES string of the molecule is CCC(O/N=C(\C(=O)C[C@@H]1C(=O)N(OS(=O)(=O)O)C1(C)C)c1csc(C)n1)c1cc(=O)c(OC(c2ccccc2)c2ccccc2)cn1OC(c1ccccc1)c1ccccc1. The van der Waals surface area contributed by atoms with E-state index >= 15 is 0 Å². The minimum absolute atomic E-state index is 0.00157. The molecule has 0 radical (unpaired) electrons. The van der Waals surface area contributed by atoms with Crippen molar-refractivity contribution in [1.82, 2.24) is 14.8 Å². The molecule has 4 aromatic carbocycles. The standard InChI is InChI=1S/C46H44N4O10S2/c1-5-40(58-48-42(36-29-61-30(2)47-36)39(52)26-35-45(53)50(46(35,3)4)60-62(54,55)56)37-27-38(51)41(57-43(31-18-10-6-11-19-31)32-20-12-7-13-21-32)28-49(37)59-44(33-22-14-8-15-23-33)34-24-16-9-17-25-34/h6-25,27-29,35,40,43-44H,5,26H2,1-4H3,(H,54,55,56)/b48-42-/t35-,40?/m1/s1. The highest BCUT2D eigenvalue weighted by Crippen LogP contribution is 2.41. The van der Waals surface area contributed by atoms with Crippen LogP contribution in [0, 0.1) is 12.8 Å². The van der Waals surface area contributed by atoms with Gasteiger partial charge in [-0.2, -0.15) is 18.2 Å². The van der Waals surface area contributed by atoms with E-state index in [1.807, 2.05) is 128 Å². The Labute approximate surface area is 362 Å². The van der Waals surface area contributed by atoms with Crippen LogP contribution in [0.25, 0.3) is 0 Å². The van der Waals surface area contributed by atoms with E-state index in [1.54, 1.807) is 12.3 Å². The average molecular weight is 877 g/mol. The summed E-state index contributed by atoms with van der Waals surface area (Å²) in [5.74, 6) is -2.48. The zero-order valence-corrected chi connectivity index (χ0v) is 35.9. The number of amides is 1. The van der Waals surface area contributed by atoms with E-state index in [4.69, 9.17) is 14.4 Å². The number of benzene rings is 4. The molecule has 0 aliphatic carbocycles. The lowest BCUT2D eigenvalue weighted by Crippen LogP contribution is -2.68. The molecule has 1 aliphatic rings. The van der Waals surface area contributed by atoms with Crippen molar-refractivity contribution in [2.75, 3.05) is 0 Å². The highest BCUT2D eigenvalue weighted by Gasteiger charge is 2.57. The van der Waals surface area contributed by atoms with Gasteiger partial charge in [0.1, 0.15) is 17.5 Å². The molecule has 1 N–H and O–H groups in total. The second-order valence-corrected chi connectivity index (χ2v) is 17.1. The predicted molar refractivity (Wildman–Crippen MR) is 232 cm³/mol. The van der Waals surface area contributed by atoms with Crippen LogP contribution in [0.3, 0.4) is 0 Å². The largest absolute Gasteiger partial charge is 0.475 e. The van der Waals surface area contributed by atoms with Gasteiger partial charge >= 0.3 is 10.4 Å². The zero-order chi connectivity index (χ0) is 44.0. The van der Waals surface area contributed by atoms with Crippen LogP contribution in [0.4, 0.5) is 0 Å². The van der Waals surface area contributed by atoms with Crippen LogP contribution in [0.5, 0.6) is 5.75 Å². The van der Waals surface area contributed by atoms with Crippen LogP contribution in [0.1, 0.15) is 90.6 Å². The molecule has 14 nitrogen and oxygen atoms in total. The number of hydroxylamine groups is 2. The Balaban J connectivity index is 1.28. The van der Waals surface area contributed by atoms with Gasteiger partial charge in [0.05, 0.1) is 22.7 Å². The molecular weight excluding hydrogens is 833 g/mol. The quantitative estimate of drug-likeness (QED) is 0.0386. The van der Waals surface area contributed by atoms with Crippen molar-refractivity contribution in [2.24, 2.45) is 11.1 Å². The van der Waals surface area contributed by atoms with Crippen molar-refractivity contribution < 1.29 is 41.3 Å². The van der Waals surface area contributed by atoms with Crippen molar-refractivity contribution in [2.45, 2.75) is 64.4 Å². The number of carbonyl (C=O) groups excluding carboxylic acids is 2. The number of thiazole rings is 1. The summed E-state index contributed by atoms with van der Waals surface area (Å²) in [6.45, 7) is 6.57. The lowest BCUT2D eigenvalue weighted by Gasteiger charge is -2.50. The van der Waals surface area contributed by atoms with Crippen molar-refractivity contribution in [1.29, 1.82) is 0 Å². The fourth-order valence-corrected chi connectivity index (χ4v) is 8.19. The molecule has 1 aliphatic heterocycles. The number of β-lactam (4-membered cyclic amide) rings is 1. The van der Waals surface area contributed by atoms with Crippen molar-refractivity contribution in [3.05, 3.63) is 188 Å². The van der Waals surface area contributed by atoms with E-state index in [1.165, 1.54) is 42.2 Å². The number of aryl methyl sites for hydroxylation is 1. The number of ketones is 1. The van der Waals surface area contributed by atoms with Gasteiger partial charge in [-0.25, -0.2) is 4.98 Å². The Hall–Kier alpha value is -6.46. The third kappa shape index (κ3) is 9.84. The van der Waals surface area contributed by atoms with Gasteiger partial charge in [-0.3, -0.25) is 18.9 Å². The first-order valence-corrected chi connectivity index (χ1v) is 22.0. The van der Waals surface area contributed by atoms with Crippen LogP contribution in [0.2, 0.25) is 0 Å². The number of carbonyl (C=O) groups is 2. The topological polar surface area (TPSA) is 176 Å². The first-order valence-electron chi connectivity index (χ1n) is 19.7. The molecule has 1 unspecified atom stereocenters. The Morgan fingerprint density at radius 3 is 1.82 bits per heavy atom. The monoisotopic (exact) mass is 876 g/mol. The minimum atomic E-state index is -5.00. The predicted octanol–water partition coefficient (Wildman–Crippen LogP) is 7.80. The lowest BCUT2D eigenvalue weighted by atomic mass is 9.74. The highest BCUT2D eigenvalue weighted by atomic mass is 32.3. The Morgan fingerprint density at radius 1 is 0.855 bits per heavy atom. The third-order valence-corrected chi connectivity index (χ3v) is 11.5. The van der Waals surface area contributed by atoms with E-state index in [9.17, 15) is 27.4 Å². The molecule has 1 saturated heterocycles. The molecule has 6 aromatic rings. The number of Topliss-reactive ketones (excluding diaryl/α,β-unsaturated/α-hetero) is 1. The van der Waals surface area contributed by atoms with Crippen LogP contribution in [-0.2, 0) is 29.1 Å². The van der Waals surface area contributed by atoms with E-state index < -0.39 is 63.7 Å². The summed E-state index contributed by atoms with van der Waals surface area (Å²) < 4.78 is 44.6. The maximum absolute atomic E-state index is 14.2. The molecule has 7 rings (SSSR count). The Bertz CT molecular complexity index is 2630. The summed E-state index contributed by atoms with van der Waals surface area (Å²) in [6, 6.07) is 39.7. The molecule has 2 atom stereocenters. The van der Waals surface area contributed by atoms with Gasteiger partial charge in [0, 0.05) is 17.9 Å². The van der Waals surface area contributed by atoms with Gasteiger partial charge in [-0.15, -0.1) is 15.6 Å². The molecule has 1 amide bonds. The number of aromatic nitrogens is 2. The molecule has 3 heterocycles. The molecule has 0 spiro atoms. The smallest absolute Gasteiger partial charge is 0.418 e. The number of rotatable bonds is 18. The molecular formula is C46H44N4O10S2. The molecule has 0 saturated carbocycles. The number of hydrogen-bond acceptors (Lipinski definition) is 12. The number of hydrogen-bond donors (Lipinski definition) is 1. The minimum Gasteiger partial charge on any atom is -0.475 e. The zero-order valence-electron chi connectivity index (χ0n) is 34.2. The summed E-state index contributed by atoms with van der Waals surface area (Å²) in [5, 5.41) is 7.13. The van der Waals surface area contributed by atoms with Crippen LogP contribution in [0.15, 0.2) is 149 Å². The van der Waals surface area contributed by atoms with Crippen molar-refractivity contribution in [3.63, 3.8) is 0 Å². The van der Waals surface area contributed by atoms with Crippen LogP contribution < -0.4 is 15.0 Å². The maximum Gasteiger partial charge on any atom is 0.418 e. The normalized spacial score (nSPS) is 15.6. The second kappa shape index (κ2) is 18.7. The third-order valence-electron chi connectivity index (χ3n) is 10.4. The summed E-state index contributed by atoms with van der Waals surface area (Å²) >= 11 is 1.27. The molecule has 2 aromatic heterocycles. The molecule has 16 heteroatoms. The second-order valence-electron chi connectivity index (χ2n) is 15.0. The van der Waals surface area contributed by atoms with Crippen LogP contribution in [-0.4, -0.2) is 50.7 Å². The van der Waals surface area contributed by atoms with Gasteiger partial charge in [-0.05, 0) is 49.4 Å². The van der Waals surface area contributed by atoms with E-state index in [0.717, 1.165) is 22.3 Å². The van der Waals surface area contributed by atoms with Gasteiger partial charge in [-0.1, -0.05) is 133 Å². The summed E-state index contributed by atoms with van der Waals surface area (Å²) in [7, 11) is -5.00.